The molecule has 5 nitrogen and oxygen atoms in total. The van der Waals surface area contributed by atoms with Gasteiger partial charge in [-0.1, -0.05) is 13.0 Å². The van der Waals surface area contributed by atoms with Gasteiger partial charge in [-0.15, -0.1) is 12.3 Å². The molecule has 1 aromatic carbocycles. The Labute approximate surface area is 119 Å². The average molecular weight is 295 g/mol. The number of aromatic carboxylic acids is 1. The Balaban J connectivity index is 3.18. The fraction of sp³-hybridized carbons (Fsp3) is 0.357. The summed E-state index contributed by atoms with van der Waals surface area (Å²) in [5.41, 5.74) is 0.416. The first-order valence-corrected chi connectivity index (χ1v) is 7.60. The first kappa shape index (κ1) is 16.2. The van der Waals surface area contributed by atoms with E-state index < -0.39 is 16.0 Å². The van der Waals surface area contributed by atoms with Crippen LogP contribution in [0.3, 0.4) is 0 Å². The van der Waals surface area contributed by atoms with Crippen molar-refractivity contribution in [1.82, 2.24) is 4.72 Å². The van der Waals surface area contributed by atoms with Crippen LogP contribution in [0.5, 0.6) is 0 Å². The molecular weight excluding hydrogens is 278 g/mol. The molecule has 6 heteroatoms. The van der Waals surface area contributed by atoms with Crippen molar-refractivity contribution in [3.05, 3.63) is 29.3 Å². The van der Waals surface area contributed by atoms with Crippen molar-refractivity contribution in [3.63, 3.8) is 0 Å². The Morgan fingerprint density at radius 3 is 2.65 bits per heavy atom. The second kappa shape index (κ2) is 6.55. The van der Waals surface area contributed by atoms with Gasteiger partial charge >= 0.3 is 5.97 Å². The number of carboxylic acids is 1. The smallest absolute Gasteiger partial charge is 0.335 e. The molecule has 1 unspecified atom stereocenters. The Kier molecular flexibility index (Phi) is 5.31. The van der Waals surface area contributed by atoms with E-state index >= 15 is 0 Å². The summed E-state index contributed by atoms with van der Waals surface area (Å²) in [7, 11) is -3.79. The van der Waals surface area contributed by atoms with Gasteiger partial charge in [0.1, 0.15) is 0 Å². The van der Waals surface area contributed by atoms with E-state index in [1.807, 2.05) is 6.92 Å². The maximum Gasteiger partial charge on any atom is 0.335 e. The third-order valence-electron chi connectivity index (χ3n) is 2.90. The monoisotopic (exact) mass is 295 g/mol. The minimum atomic E-state index is -3.79. The van der Waals surface area contributed by atoms with Crippen LogP contribution in [0.4, 0.5) is 0 Å². The van der Waals surface area contributed by atoms with E-state index in [0.717, 1.165) is 6.07 Å². The van der Waals surface area contributed by atoms with E-state index in [0.29, 0.717) is 12.0 Å². The van der Waals surface area contributed by atoms with Crippen molar-refractivity contribution < 1.29 is 18.3 Å². The van der Waals surface area contributed by atoms with Crippen LogP contribution in [0, 0.1) is 19.3 Å². The van der Waals surface area contributed by atoms with Gasteiger partial charge in [-0.3, -0.25) is 0 Å². The fourth-order valence-electron chi connectivity index (χ4n) is 1.72. The lowest BCUT2D eigenvalue weighted by atomic mass is 10.1. The zero-order chi connectivity index (χ0) is 15.3. The number of terminal acetylenes is 1. The van der Waals surface area contributed by atoms with Gasteiger partial charge in [-0.25, -0.2) is 17.9 Å². The van der Waals surface area contributed by atoms with Crippen molar-refractivity contribution in [1.29, 1.82) is 0 Å². The van der Waals surface area contributed by atoms with Crippen molar-refractivity contribution in [3.8, 4) is 12.3 Å². The number of hydrogen-bond donors (Lipinski definition) is 2. The van der Waals surface area contributed by atoms with E-state index in [4.69, 9.17) is 11.5 Å². The Bertz CT molecular complexity index is 644. The number of sulfonamides is 1. The van der Waals surface area contributed by atoms with Gasteiger partial charge in [-0.2, -0.15) is 0 Å². The van der Waals surface area contributed by atoms with Crippen molar-refractivity contribution in [2.45, 2.75) is 37.6 Å². The maximum absolute atomic E-state index is 12.3. The van der Waals surface area contributed by atoms with Crippen LogP contribution in [-0.2, 0) is 10.0 Å². The fourth-order valence-corrected chi connectivity index (χ4v) is 3.31. The third-order valence-corrected chi connectivity index (χ3v) is 4.57. The lowest BCUT2D eigenvalue weighted by Crippen LogP contribution is -2.34. The topological polar surface area (TPSA) is 83.5 Å². The lowest BCUT2D eigenvalue weighted by Gasteiger charge is -2.16. The second-order valence-electron chi connectivity index (χ2n) is 4.42. The number of hydrogen-bond acceptors (Lipinski definition) is 3. The van der Waals surface area contributed by atoms with E-state index in [-0.39, 0.29) is 22.9 Å². The molecule has 2 N–H and O–H groups in total. The molecule has 0 bridgehead atoms. The van der Waals surface area contributed by atoms with Crippen LogP contribution >= 0.6 is 0 Å². The van der Waals surface area contributed by atoms with Crippen molar-refractivity contribution >= 4 is 16.0 Å². The van der Waals surface area contributed by atoms with Crippen molar-refractivity contribution in [2.24, 2.45) is 0 Å². The average Bonchev–Trinajstić information content (AvgIpc) is 2.37. The van der Waals surface area contributed by atoms with Crippen LogP contribution in [0.15, 0.2) is 23.1 Å². The molecule has 0 aliphatic rings. The Hall–Kier alpha value is -1.84. The minimum Gasteiger partial charge on any atom is -0.478 e. The molecule has 0 spiro atoms. The summed E-state index contributed by atoms with van der Waals surface area (Å²) in [6, 6.07) is 3.64. The standard InChI is InChI=1S/C14H17NO4S/c1-4-6-12(5-2)15-20(18,19)13-9-11(14(16)17)8-7-10(13)3/h1,7-9,12,15H,5-6H2,2-3H3,(H,16,17). The van der Waals surface area contributed by atoms with E-state index in [1.165, 1.54) is 12.1 Å². The van der Waals surface area contributed by atoms with E-state index in [9.17, 15) is 13.2 Å². The molecule has 0 saturated heterocycles. The Morgan fingerprint density at radius 1 is 1.50 bits per heavy atom. The quantitative estimate of drug-likeness (QED) is 0.783. The highest BCUT2D eigenvalue weighted by molar-refractivity contribution is 7.89. The van der Waals surface area contributed by atoms with Crippen LogP contribution < -0.4 is 4.72 Å². The number of carbonyl (C=O) groups is 1. The van der Waals surface area contributed by atoms with Gasteiger partial charge in [0.25, 0.3) is 0 Å². The largest absolute Gasteiger partial charge is 0.478 e. The number of aryl methyl sites for hydroxylation is 1. The normalized spacial score (nSPS) is 12.7. The summed E-state index contributed by atoms with van der Waals surface area (Å²) in [6.45, 7) is 3.44. The molecule has 108 valence electrons. The van der Waals surface area contributed by atoms with Crippen LogP contribution in [0.1, 0.15) is 35.7 Å². The summed E-state index contributed by atoms with van der Waals surface area (Å²) in [4.78, 5) is 10.9. The molecule has 0 aromatic heterocycles. The molecule has 1 aromatic rings. The number of rotatable bonds is 6. The van der Waals surface area contributed by atoms with Gasteiger partial charge in [0.2, 0.25) is 10.0 Å². The molecule has 0 amide bonds. The zero-order valence-electron chi connectivity index (χ0n) is 11.4. The lowest BCUT2D eigenvalue weighted by molar-refractivity contribution is 0.0696. The highest BCUT2D eigenvalue weighted by Crippen LogP contribution is 2.18. The summed E-state index contributed by atoms with van der Waals surface area (Å²) in [5, 5.41) is 8.94. The summed E-state index contributed by atoms with van der Waals surface area (Å²) in [5.74, 6) is 1.25. The summed E-state index contributed by atoms with van der Waals surface area (Å²) < 4.78 is 27.1. The van der Waals surface area contributed by atoms with Crippen molar-refractivity contribution in [2.75, 3.05) is 0 Å². The zero-order valence-corrected chi connectivity index (χ0v) is 12.2. The van der Waals surface area contributed by atoms with Gasteiger partial charge in [-0.05, 0) is 31.0 Å². The van der Waals surface area contributed by atoms with Crippen LogP contribution in [0.25, 0.3) is 0 Å². The predicted molar refractivity (Wildman–Crippen MR) is 76.0 cm³/mol. The van der Waals surface area contributed by atoms with Gasteiger partial charge in [0, 0.05) is 12.5 Å². The second-order valence-corrected chi connectivity index (χ2v) is 6.10. The Morgan fingerprint density at radius 2 is 2.15 bits per heavy atom. The molecule has 0 fully saturated rings. The molecule has 0 aliphatic carbocycles. The molecule has 1 atom stereocenters. The molecule has 0 heterocycles. The number of benzene rings is 1. The van der Waals surface area contributed by atoms with E-state index in [2.05, 4.69) is 10.6 Å². The van der Waals surface area contributed by atoms with Gasteiger partial charge in [0.15, 0.2) is 0 Å². The number of carboxylic acid groups (broad SMARTS) is 1. The SMILES string of the molecule is C#CCC(CC)NS(=O)(=O)c1cc(C(=O)O)ccc1C. The van der Waals surface area contributed by atoms with Crippen LogP contribution in [0.2, 0.25) is 0 Å². The number of nitrogens with one attached hydrogen (secondary N) is 1. The predicted octanol–water partition coefficient (Wildman–Crippen LogP) is 1.77. The first-order chi connectivity index (χ1) is 9.31. The molecule has 20 heavy (non-hydrogen) atoms. The molecular formula is C14H17NO4S. The third kappa shape index (κ3) is 3.83. The maximum atomic E-state index is 12.3. The molecule has 0 radical (unpaired) electrons. The van der Waals surface area contributed by atoms with Gasteiger partial charge in [0.05, 0.1) is 10.5 Å². The minimum absolute atomic E-state index is 0.0344. The molecule has 1 rings (SSSR count). The summed E-state index contributed by atoms with van der Waals surface area (Å²) in [6.07, 6.45) is 6.04. The highest BCUT2D eigenvalue weighted by Gasteiger charge is 2.21. The van der Waals surface area contributed by atoms with Gasteiger partial charge < -0.3 is 5.11 Å². The van der Waals surface area contributed by atoms with E-state index in [1.54, 1.807) is 6.92 Å². The summed E-state index contributed by atoms with van der Waals surface area (Å²) >= 11 is 0. The molecule has 0 saturated carbocycles. The first-order valence-electron chi connectivity index (χ1n) is 6.11. The van der Waals surface area contributed by atoms with Crippen LogP contribution in [-0.4, -0.2) is 25.5 Å². The molecule has 0 aliphatic heterocycles. The highest BCUT2D eigenvalue weighted by atomic mass is 32.2.